The molecular weight excluding hydrogens is 321 g/mol. The summed E-state index contributed by atoms with van der Waals surface area (Å²) in [6.07, 6.45) is 1.08. The van der Waals surface area contributed by atoms with E-state index in [4.69, 9.17) is 0 Å². The fourth-order valence-corrected chi connectivity index (χ4v) is 3.88. The number of nitrogens with one attached hydrogen (secondary N) is 1. The Morgan fingerprint density at radius 3 is 2.50 bits per heavy atom. The number of fused-ring (bicyclic) bond motifs is 1. The van der Waals surface area contributed by atoms with E-state index < -0.39 is 0 Å². The van der Waals surface area contributed by atoms with Crippen molar-refractivity contribution < 1.29 is 4.39 Å². The predicted octanol–water partition coefficient (Wildman–Crippen LogP) is 5.57. The summed E-state index contributed by atoms with van der Waals surface area (Å²) in [5, 5.41) is 4.52. The van der Waals surface area contributed by atoms with E-state index in [1.165, 1.54) is 17.0 Å². The van der Waals surface area contributed by atoms with Crippen molar-refractivity contribution in [2.24, 2.45) is 5.92 Å². The number of aryl methyl sites for hydroxylation is 2. The summed E-state index contributed by atoms with van der Waals surface area (Å²) >= 11 is 1.66. The van der Waals surface area contributed by atoms with Gasteiger partial charge < -0.3 is 5.32 Å². The van der Waals surface area contributed by atoms with Gasteiger partial charge in [0.25, 0.3) is 0 Å². The van der Waals surface area contributed by atoms with Gasteiger partial charge in [-0.3, -0.25) is 0 Å². The average molecular weight is 343 g/mol. The van der Waals surface area contributed by atoms with Gasteiger partial charge in [-0.1, -0.05) is 26.0 Å². The van der Waals surface area contributed by atoms with Crippen LogP contribution in [0.1, 0.15) is 31.0 Å². The lowest BCUT2D eigenvalue weighted by atomic mass is 10.0. The molecule has 3 aromatic rings. The second kappa shape index (κ2) is 6.85. The van der Waals surface area contributed by atoms with Crippen LogP contribution in [0.5, 0.6) is 0 Å². The van der Waals surface area contributed by atoms with Crippen molar-refractivity contribution >= 4 is 27.4 Å². The van der Waals surface area contributed by atoms with E-state index in [2.05, 4.69) is 36.1 Å². The van der Waals surface area contributed by atoms with Gasteiger partial charge in [0.1, 0.15) is 22.3 Å². The zero-order chi connectivity index (χ0) is 17.3. The third-order valence-electron chi connectivity index (χ3n) is 3.99. The molecule has 1 aromatic carbocycles. The minimum Gasteiger partial charge on any atom is -0.369 e. The van der Waals surface area contributed by atoms with E-state index in [0.29, 0.717) is 5.92 Å². The molecule has 2 heterocycles. The SMILES string of the molecule is Cc1nc(NCCC(C)C)c2c(-c3ccc(F)cc3)c(C)sc2n1. The number of anilines is 1. The first-order valence-corrected chi connectivity index (χ1v) is 9.05. The fourth-order valence-electron chi connectivity index (χ4n) is 2.79. The Balaban J connectivity index is 2.11. The highest BCUT2D eigenvalue weighted by Crippen LogP contribution is 2.40. The van der Waals surface area contributed by atoms with Crippen molar-refractivity contribution in [1.82, 2.24) is 9.97 Å². The number of rotatable bonds is 5. The van der Waals surface area contributed by atoms with E-state index in [-0.39, 0.29) is 5.82 Å². The normalized spacial score (nSPS) is 11.4. The summed E-state index contributed by atoms with van der Waals surface area (Å²) in [5.74, 6) is 2.05. The van der Waals surface area contributed by atoms with E-state index in [1.807, 2.05) is 19.1 Å². The summed E-state index contributed by atoms with van der Waals surface area (Å²) in [6, 6.07) is 6.64. The van der Waals surface area contributed by atoms with Crippen LogP contribution in [-0.2, 0) is 0 Å². The van der Waals surface area contributed by atoms with Gasteiger partial charge in [-0.25, -0.2) is 14.4 Å². The number of aromatic nitrogens is 2. The quantitative estimate of drug-likeness (QED) is 0.658. The van der Waals surface area contributed by atoms with Crippen molar-refractivity contribution in [2.45, 2.75) is 34.1 Å². The molecule has 0 spiro atoms. The van der Waals surface area contributed by atoms with Crippen LogP contribution in [-0.4, -0.2) is 16.5 Å². The molecule has 126 valence electrons. The standard InChI is InChI=1S/C19H22FN3S/c1-11(2)9-10-21-18-17-16(14-5-7-15(20)8-6-14)12(3)24-19(17)23-13(4)22-18/h5-8,11H,9-10H2,1-4H3,(H,21,22,23). The van der Waals surface area contributed by atoms with E-state index in [1.54, 1.807) is 11.3 Å². The van der Waals surface area contributed by atoms with Gasteiger partial charge in [-0.2, -0.15) is 0 Å². The maximum atomic E-state index is 13.3. The highest BCUT2D eigenvalue weighted by Gasteiger charge is 2.17. The third-order valence-corrected chi connectivity index (χ3v) is 4.99. The Morgan fingerprint density at radius 1 is 1.12 bits per heavy atom. The molecule has 0 amide bonds. The smallest absolute Gasteiger partial charge is 0.139 e. The zero-order valence-electron chi connectivity index (χ0n) is 14.5. The maximum Gasteiger partial charge on any atom is 0.139 e. The van der Waals surface area contributed by atoms with Crippen LogP contribution in [0.2, 0.25) is 0 Å². The zero-order valence-corrected chi connectivity index (χ0v) is 15.3. The lowest BCUT2D eigenvalue weighted by Crippen LogP contribution is -2.07. The predicted molar refractivity (Wildman–Crippen MR) is 100 cm³/mol. The number of nitrogens with zero attached hydrogens (tertiary/aromatic N) is 2. The fraction of sp³-hybridized carbons (Fsp3) is 0.368. The monoisotopic (exact) mass is 343 g/mol. The summed E-state index contributed by atoms with van der Waals surface area (Å²) in [6.45, 7) is 9.29. The molecule has 0 radical (unpaired) electrons. The lowest BCUT2D eigenvalue weighted by Gasteiger charge is -2.11. The van der Waals surface area contributed by atoms with E-state index in [9.17, 15) is 4.39 Å². The van der Waals surface area contributed by atoms with Crippen molar-refractivity contribution in [3.8, 4) is 11.1 Å². The summed E-state index contributed by atoms with van der Waals surface area (Å²) in [4.78, 5) is 11.4. The molecule has 24 heavy (non-hydrogen) atoms. The Bertz CT molecular complexity index is 853. The van der Waals surface area contributed by atoms with Gasteiger partial charge in [0.15, 0.2) is 0 Å². The van der Waals surface area contributed by atoms with Crippen LogP contribution in [0.3, 0.4) is 0 Å². The lowest BCUT2D eigenvalue weighted by molar-refractivity contribution is 0.607. The topological polar surface area (TPSA) is 37.8 Å². The van der Waals surface area contributed by atoms with Crippen molar-refractivity contribution in [3.05, 3.63) is 40.8 Å². The molecule has 1 N–H and O–H groups in total. The summed E-state index contributed by atoms with van der Waals surface area (Å²) < 4.78 is 13.3. The number of halogens is 1. The number of benzene rings is 1. The second-order valence-corrected chi connectivity index (χ2v) is 7.65. The van der Waals surface area contributed by atoms with Gasteiger partial charge in [-0.15, -0.1) is 11.3 Å². The van der Waals surface area contributed by atoms with Crippen LogP contribution >= 0.6 is 11.3 Å². The number of thiophene rings is 1. The first-order chi connectivity index (χ1) is 11.5. The summed E-state index contributed by atoms with van der Waals surface area (Å²) in [7, 11) is 0. The molecule has 3 rings (SSSR count). The van der Waals surface area contributed by atoms with Gasteiger partial charge in [0.2, 0.25) is 0 Å². The molecule has 5 heteroatoms. The van der Waals surface area contributed by atoms with Gasteiger partial charge in [0, 0.05) is 17.0 Å². The second-order valence-electron chi connectivity index (χ2n) is 6.45. The molecule has 0 unspecified atom stereocenters. The van der Waals surface area contributed by atoms with Crippen LogP contribution in [0.25, 0.3) is 21.3 Å². The molecule has 3 nitrogen and oxygen atoms in total. The Hall–Kier alpha value is -2.01. The average Bonchev–Trinajstić information content (AvgIpc) is 2.83. The maximum absolute atomic E-state index is 13.3. The van der Waals surface area contributed by atoms with Crippen molar-refractivity contribution in [3.63, 3.8) is 0 Å². The highest BCUT2D eigenvalue weighted by molar-refractivity contribution is 7.19. The molecule has 0 saturated carbocycles. The van der Waals surface area contributed by atoms with Crippen molar-refractivity contribution in [2.75, 3.05) is 11.9 Å². The first kappa shape index (κ1) is 16.8. The van der Waals surface area contributed by atoms with Crippen LogP contribution < -0.4 is 5.32 Å². The molecule has 2 aromatic heterocycles. The molecule has 0 atom stereocenters. The molecule has 0 bridgehead atoms. The number of hydrogen-bond acceptors (Lipinski definition) is 4. The highest BCUT2D eigenvalue weighted by atomic mass is 32.1. The molecule has 0 fully saturated rings. The van der Waals surface area contributed by atoms with E-state index in [0.717, 1.165) is 46.0 Å². The molecular formula is C19H22FN3S. The largest absolute Gasteiger partial charge is 0.369 e. The summed E-state index contributed by atoms with van der Waals surface area (Å²) in [5.41, 5.74) is 2.10. The first-order valence-electron chi connectivity index (χ1n) is 8.23. The Labute approximate surface area is 146 Å². The number of hydrogen-bond donors (Lipinski definition) is 1. The Morgan fingerprint density at radius 2 is 1.83 bits per heavy atom. The van der Waals surface area contributed by atoms with Gasteiger partial charge in [0.05, 0.1) is 5.39 Å². The van der Waals surface area contributed by atoms with E-state index >= 15 is 0 Å². The van der Waals surface area contributed by atoms with Gasteiger partial charge >= 0.3 is 0 Å². The van der Waals surface area contributed by atoms with Gasteiger partial charge in [-0.05, 0) is 43.9 Å². The minimum absolute atomic E-state index is 0.224. The van der Waals surface area contributed by atoms with Crippen LogP contribution in [0.4, 0.5) is 10.2 Å². The molecule has 0 aliphatic heterocycles. The Kier molecular flexibility index (Phi) is 4.81. The minimum atomic E-state index is -0.224. The molecule has 0 aliphatic rings. The van der Waals surface area contributed by atoms with Crippen LogP contribution in [0, 0.1) is 25.6 Å². The van der Waals surface area contributed by atoms with Crippen LogP contribution in [0.15, 0.2) is 24.3 Å². The third kappa shape index (κ3) is 3.41. The molecule has 0 saturated heterocycles. The molecule has 0 aliphatic carbocycles. The van der Waals surface area contributed by atoms with Crippen molar-refractivity contribution in [1.29, 1.82) is 0 Å².